The maximum Gasteiger partial charge on any atom is 0.242 e. The van der Waals surface area contributed by atoms with E-state index in [0.29, 0.717) is 6.41 Å². The number of hydrogen-bond acceptors (Lipinski definition) is 2. The molecule has 0 fully saturated rings. The van der Waals surface area contributed by atoms with Crippen LogP contribution in [0.4, 0.5) is 0 Å². The van der Waals surface area contributed by atoms with Crippen LogP contribution in [-0.2, 0) is 9.59 Å². The number of likely N-dealkylation sites (N-methyl/N-ethyl adjacent to an activating group) is 1. The zero-order valence-corrected chi connectivity index (χ0v) is 9.39. The maximum absolute atomic E-state index is 11.5. The molecule has 0 aromatic heterocycles. The summed E-state index contributed by atoms with van der Waals surface area (Å²) < 4.78 is 0. The van der Waals surface area contributed by atoms with E-state index in [4.69, 9.17) is 0 Å². The number of rotatable bonds is 6. The molecule has 14 heavy (non-hydrogen) atoms. The van der Waals surface area contributed by atoms with Gasteiger partial charge in [-0.1, -0.05) is 20.8 Å². The largest absolute Gasteiger partial charge is 0.357 e. The van der Waals surface area contributed by atoms with Gasteiger partial charge in [0.1, 0.15) is 6.04 Å². The summed E-state index contributed by atoms with van der Waals surface area (Å²) in [6, 6.07) is -0.444. The lowest BCUT2D eigenvalue weighted by molar-refractivity contribution is -0.128. The van der Waals surface area contributed by atoms with Gasteiger partial charge in [0.05, 0.1) is 0 Å². The molecule has 0 aliphatic heterocycles. The van der Waals surface area contributed by atoms with Gasteiger partial charge in [-0.3, -0.25) is 9.59 Å². The van der Waals surface area contributed by atoms with Gasteiger partial charge in [0, 0.05) is 7.05 Å². The van der Waals surface area contributed by atoms with E-state index in [1.807, 2.05) is 20.8 Å². The van der Waals surface area contributed by atoms with Crippen molar-refractivity contribution in [3.63, 3.8) is 0 Å². The van der Waals surface area contributed by atoms with Gasteiger partial charge in [-0.25, -0.2) is 0 Å². The van der Waals surface area contributed by atoms with Gasteiger partial charge in [0.25, 0.3) is 0 Å². The lowest BCUT2D eigenvalue weighted by Gasteiger charge is -2.34. The second-order valence-electron chi connectivity index (χ2n) is 3.69. The molecular weight excluding hydrogens is 180 g/mol. The lowest BCUT2D eigenvalue weighted by Crippen LogP contribution is -2.52. The summed E-state index contributed by atoms with van der Waals surface area (Å²) in [7, 11) is 1.58. The molecule has 0 radical (unpaired) electrons. The molecule has 0 bridgehead atoms. The van der Waals surface area contributed by atoms with Crippen molar-refractivity contribution < 1.29 is 9.59 Å². The van der Waals surface area contributed by atoms with Crippen molar-refractivity contribution in [2.24, 2.45) is 5.41 Å². The van der Waals surface area contributed by atoms with Crippen LogP contribution in [0.5, 0.6) is 0 Å². The van der Waals surface area contributed by atoms with E-state index in [0.717, 1.165) is 12.8 Å². The average molecular weight is 200 g/mol. The molecule has 0 saturated carbocycles. The summed E-state index contributed by atoms with van der Waals surface area (Å²) >= 11 is 0. The highest BCUT2D eigenvalue weighted by Crippen LogP contribution is 2.29. The first-order valence-corrected chi connectivity index (χ1v) is 4.97. The molecule has 0 aliphatic carbocycles. The molecule has 4 nitrogen and oxygen atoms in total. The van der Waals surface area contributed by atoms with E-state index in [9.17, 15) is 9.59 Å². The molecule has 0 rings (SSSR count). The van der Waals surface area contributed by atoms with Crippen molar-refractivity contribution in [1.82, 2.24) is 10.6 Å². The lowest BCUT2D eigenvalue weighted by atomic mass is 9.77. The van der Waals surface area contributed by atoms with Crippen molar-refractivity contribution in [3.05, 3.63) is 0 Å². The SMILES string of the molecule is CCC(C)(CC)C(NC=O)C(=O)NC. The Labute approximate surface area is 85.4 Å². The summed E-state index contributed by atoms with van der Waals surface area (Å²) in [5, 5.41) is 5.15. The third kappa shape index (κ3) is 2.72. The van der Waals surface area contributed by atoms with Gasteiger partial charge in [-0.2, -0.15) is 0 Å². The molecule has 1 atom stereocenters. The molecule has 4 heteroatoms. The number of carbonyl (C=O) groups is 2. The second-order valence-corrected chi connectivity index (χ2v) is 3.69. The van der Waals surface area contributed by atoms with E-state index in [-0.39, 0.29) is 11.3 Å². The van der Waals surface area contributed by atoms with Crippen LogP contribution in [0.1, 0.15) is 33.6 Å². The van der Waals surface area contributed by atoms with E-state index >= 15 is 0 Å². The smallest absolute Gasteiger partial charge is 0.242 e. The van der Waals surface area contributed by atoms with Crippen LogP contribution in [0, 0.1) is 5.41 Å². The van der Waals surface area contributed by atoms with Crippen LogP contribution < -0.4 is 10.6 Å². The highest BCUT2D eigenvalue weighted by Gasteiger charge is 2.35. The molecule has 82 valence electrons. The third-order valence-corrected chi connectivity index (χ3v) is 3.06. The topological polar surface area (TPSA) is 58.2 Å². The standard InChI is InChI=1S/C10H20N2O2/c1-5-10(3,6-2)8(12-7-13)9(14)11-4/h7-8H,5-6H2,1-4H3,(H,11,14)(H,12,13). The molecular formula is C10H20N2O2. The summed E-state index contributed by atoms with van der Waals surface area (Å²) in [5.74, 6) is -0.136. The number of amides is 2. The molecule has 2 N–H and O–H groups in total. The van der Waals surface area contributed by atoms with Crippen molar-refractivity contribution in [2.75, 3.05) is 7.05 Å². The Morgan fingerprint density at radius 2 is 1.93 bits per heavy atom. The monoisotopic (exact) mass is 200 g/mol. The molecule has 2 amide bonds. The molecule has 0 aromatic carbocycles. The minimum Gasteiger partial charge on any atom is -0.357 e. The Kier molecular flexibility index (Phi) is 5.20. The van der Waals surface area contributed by atoms with Crippen LogP contribution in [0.15, 0.2) is 0 Å². The van der Waals surface area contributed by atoms with Crippen molar-refractivity contribution >= 4 is 12.3 Å². The fourth-order valence-corrected chi connectivity index (χ4v) is 1.46. The van der Waals surface area contributed by atoms with E-state index in [1.54, 1.807) is 7.05 Å². The zero-order valence-electron chi connectivity index (χ0n) is 9.39. The normalized spacial score (nSPS) is 13.1. The molecule has 0 saturated heterocycles. The first-order valence-electron chi connectivity index (χ1n) is 4.97. The van der Waals surface area contributed by atoms with Crippen LogP contribution in [-0.4, -0.2) is 25.4 Å². The van der Waals surface area contributed by atoms with Crippen LogP contribution >= 0.6 is 0 Å². The van der Waals surface area contributed by atoms with Gasteiger partial charge < -0.3 is 10.6 Å². The predicted molar refractivity (Wildman–Crippen MR) is 55.7 cm³/mol. The van der Waals surface area contributed by atoms with E-state index in [2.05, 4.69) is 10.6 Å². The van der Waals surface area contributed by atoms with Gasteiger partial charge >= 0.3 is 0 Å². The number of carbonyl (C=O) groups excluding carboxylic acids is 2. The second kappa shape index (κ2) is 5.62. The van der Waals surface area contributed by atoms with Crippen molar-refractivity contribution in [3.8, 4) is 0 Å². The highest BCUT2D eigenvalue weighted by atomic mass is 16.2. The summed E-state index contributed by atoms with van der Waals surface area (Å²) in [5.41, 5.74) is -0.180. The molecule has 0 aliphatic rings. The summed E-state index contributed by atoms with van der Waals surface area (Å²) in [4.78, 5) is 22.0. The van der Waals surface area contributed by atoms with E-state index < -0.39 is 6.04 Å². The molecule has 0 heterocycles. The maximum atomic E-state index is 11.5. The summed E-state index contributed by atoms with van der Waals surface area (Å²) in [6.45, 7) is 6.04. The number of nitrogens with one attached hydrogen (secondary N) is 2. The van der Waals surface area contributed by atoms with Crippen molar-refractivity contribution in [2.45, 2.75) is 39.7 Å². The fourth-order valence-electron chi connectivity index (χ4n) is 1.46. The number of hydrogen-bond donors (Lipinski definition) is 2. The zero-order chi connectivity index (χ0) is 11.2. The van der Waals surface area contributed by atoms with Crippen LogP contribution in [0.25, 0.3) is 0 Å². The molecule has 0 spiro atoms. The quantitative estimate of drug-likeness (QED) is 0.619. The fraction of sp³-hybridized carbons (Fsp3) is 0.800. The Morgan fingerprint density at radius 1 is 1.43 bits per heavy atom. The van der Waals surface area contributed by atoms with Crippen LogP contribution in [0.2, 0.25) is 0 Å². The third-order valence-electron chi connectivity index (χ3n) is 3.06. The first-order chi connectivity index (χ1) is 6.55. The Morgan fingerprint density at radius 3 is 2.21 bits per heavy atom. The Bertz CT molecular complexity index is 200. The van der Waals surface area contributed by atoms with E-state index in [1.165, 1.54) is 0 Å². The Hall–Kier alpha value is -1.06. The van der Waals surface area contributed by atoms with Crippen LogP contribution in [0.3, 0.4) is 0 Å². The van der Waals surface area contributed by atoms with Gasteiger partial charge in [0.15, 0.2) is 0 Å². The molecule has 1 unspecified atom stereocenters. The average Bonchev–Trinajstić information content (AvgIpc) is 2.23. The van der Waals surface area contributed by atoms with Gasteiger partial charge in [-0.05, 0) is 18.3 Å². The van der Waals surface area contributed by atoms with Gasteiger partial charge in [0.2, 0.25) is 12.3 Å². The van der Waals surface area contributed by atoms with Crippen molar-refractivity contribution in [1.29, 1.82) is 0 Å². The predicted octanol–water partition coefficient (Wildman–Crippen LogP) is 0.673. The highest BCUT2D eigenvalue weighted by molar-refractivity contribution is 5.84. The minimum atomic E-state index is -0.444. The van der Waals surface area contributed by atoms with Gasteiger partial charge in [-0.15, -0.1) is 0 Å². The first kappa shape index (κ1) is 12.9. The Balaban J connectivity index is 4.77. The molecule has 0 aromatic rings. The minimum absolute atomic E-state index is 0.136. The summed E-state index contributed by atoms with van der Waals surface area (Å²) in [6.07, 6.45) is 2.29.